The summed E-state index contributed by atoms with van der Waals surface area (Å²) in [5, 5.41) is 5.18. The van der Waals surface area contributed by atoms with Crippen molar-refractivity contribution in [2.45, 2.75) is 109 Å². The van der Waals surface area contributed by atoms with Crippen molar-refractivity contribution in [3.63, 3.8) is 0 Å². The van der Waals surface area contributed by atoms with Crippen LogP contribution >= 0.6 is 11.8 Å². The van der Waals surface area contributed by atoms with Gasteiger partial charge in [0.25, 0.3) is 0 Å². The molecule has 0 radical (unpaired) electrons. The number of aromatic nitrogens is 4. The molecule has 0 aliphatic carbocycles. The number of unbranched alkanes of at least 4 members (excludes halogenated alkanes) is 12. The second kappa shape index (κ2) is 19.1. The van der Waals surface area contributed by atoms with Gasteiger partial charge in [-0.25, -0.2) is 14.6 Å². The summed E-state index contributed by atoms with van der Waals surface area (Å²) in [6.07, 6.45) is 24.3. The average Bonchev–Trinajstić information content (AvgIpc) is 3.20. The summed E-state index contributed by atoms with van der Waals surface area (Å²) in [6.45, 7) is 5.07. The normalized spacial score (nSPS) is 11.5. The summed E-state index contributed by atoms with van der Waals surface area (Å²) in [6, 6.07) is 0. The zero-order chi connectivity index (χ0) is 25.8. The Labute approximate surface area is 221 Å². The van der Waals surface area contributed by atoms with E-state index in [-0.39, 0.29) is 11.7 Å². The van der Waals surface area contributed by atoms with Gasteiger partial charge in [-0.3, -0.25) is 4.79 Å². The largest absolute Gasteiger partial charge is 0.476 e. The van der Waals surface area contributed by atoms with Crippen LogP contribution in [0, 0.1) is 0 Å². The van der Waals surface area contributed by atoms with E-state index in [2.05, 4.69) is 34.1 Å². The van der Waals surface area contributed by atoms with Crippen LogP contribution in [0.4, 0.5) is 0 Å². The molecule has 0 spiro atoms. The molecule has 0 aromatic carbocycles. The molecular formula is C28H46N4O3S. The standard InChI is InChI=1S/C28H46N4O3S/c1-4-6-7-8-9-10-11-12-13-14-15-16-17-18-19-20-21-35-28-26-25(31-32(28)3)27(30-23-29-26)36-22-24(33)34-5-2/h15-16,23H,4-14,17-22H2,1-3H3/b16-15-. The number of nitrogens with zero attached hydrogens (tertiary/aromatic N) is 4. The van der Waals surface area contributed by atoms with Crippen LogP contribution in [0.2, 0.25) is 0 Å². The van der Waals surface area contributed by atoms with E-state index < -0.39 is 0 Å². The molecule has 36 heavy (non-hydrogen) atoms. The average molecular weight is 519 g/mol. The van der Waals surface area contributed by atoms with Crippen molar-refractivity contribution in [3.8, 4) is 5.88 Å². The monoisotopic (exact) mass is 518 g/mol. The van der Waals surface area contributed by atoms with E-state index in [4.69, 9.17) is 9.47 Å². The minimum absolute atomic E-state index is 0.195. The number of carbonyl (C=O) groups is 1. The highest BCUT2D eigenvalue weighted by Gasteiger charge is 2.17. The van der Waals surface area contributed by atoms with E-state index >= 15 is 0 Å². The molecule has 8 heteroatoms. The Balaban J connectivity index is 1.56. The van der Waals surface area contributed by atoms with E-state index in [0.29, 0.717) is 35.2 Å². The summed E-state index contributed by atoms with van der Waals surface area (Å²) in [5.74, 6) is 0.576. The Bertz CT molecular complexity index is 900. The van der Waals surface area contributed by atoms with Crippen molar-refractivity contribution in [1.82, 2.24) is 19.7 Å². The van der Waals surface area contributed by atoms with Crippen LogP contribution in [-0.2, 0) is 16.6 Å². The summed E-state index contributed by atoms with van der Waals surface area (Å²) in [5.41, 5.74) is 1.33. The van der Waals surface area contributed by atoms with Crippen LogP contribution < -0.4 is 4.74 Å². The van der Waals surface area contributed by atoms with Gasteiger partial charge in [0.15, 0.2) is 5.52 Å². The van der Waals surface area contributed by atoms with E-state index in [0.717, 1.165) is 19.3 Å². The molecular weight excluding hydrogens is 472 g/mol. The van der Waals surface area contributed by atoms with Crippen LogP contribution in [0.1, 0.15) is 104 Å². The fourth-order valence-electron chi connectivity index (χ4n) is 4.07. The van der Waals surface area contributed by atoms with Crippen molar-refractivity contribution < 1.29 is 14.3 Å². The maximum atomic E-state index is 11.7. The fourth-order valence-corrected chi connectivity index (χ4v) is 4.81. The van der Waals surface area contributed by atoms with Gasteiger partial charge in [-0.05, 0) is 45.4 Å². The first-order valence-electron chi connectivity index (χ1n) is 13.9. The molecule has 2 aromatic rings. The van der Waals surface area contributed by atoms with Crippen molar-refractivity contribution >= 4 is 28.8 Å². The smallest absolute Gasteiger partial charge is 0.316 e. The number of hydrogen-bond acceptors (Lipinski definition) is 7. The molecule has 2 heterocycles. The maximum Gasteiger partial charge on any atom is 0.316 e. The number of esters is 1. The third-order valence-corrected chi connectivity index (χ3v) is 7.01. The minimum atomic E-state index is -0.264. The Morgan fingerprint density at radius 1 is 0.889 bits per heavy atom. The number of fused-ring (bicyclic) bond motifs is 1. The maximum absolute atomic E-state index is 11.7. The molecule has 2 aromatic heterocycles. The number of ether oxygens (including phenoxy) is 2. The number of aryl methyl sites for hydroxylation is 1. The summed E-state index contributed by atoms with van der Waals surface area (Å²) < 4.78 is 12.7. The van der Waals surface area contributed by atoms with Gasteiger partial charge in [-0.2, -0.15) is 5.10 Å². The molecule has 7 nitrogen and oxygen atoms in total. The molecule has 0 amide bonds. The van der Waals surface area contributed by atoms with Crippen LogP contribution in [0.15, 0.2) is 23.5 Å². The fraction of sp³-hybridized carbons (Fsp3) is 0.714. The zero-order valence-electron chi connectivity index (χ0n) is 22.7. The highest BCUT2D eigenvalue weighted by atomic mass is 32.2. The van der Waals surface area contributed by atoms with Gasteiger partial charge >= 0.3 is 5.97 Å². The molecule has 0 saturated carbocycles. The molecule has 0 bridgehead atoms. The molecule has 0 fully saturated rings. The topological polar surface area (TPSA) is 79.1 Å². The number of carbonyl (C=O) groups excluding carboxylic acids is 1. The lowest BCUT2D eigenvalue weighted by Gasteiger charge is -2.06. The highest BCUT2D eigenvalue weighted by molar-refractivity contribution is 8.00. The molecule has 2 rings (SSSR count). The van der Waals surface area contributed by atoms with Crippen molar-refractivity contribution in [2.24, 2.45) is 7.05 Å². The first-order chi connectivity index (χ1) is 17.7. The van der Waals surface area contributed by atoms with Crippen molar-refractivity contribution in [3.05, 3.63) is 18.5 Å². The van der Waals surface area contributed by atoms with Gasteiger partial charge in [0, 0.05) is 7.05 Å². The Hall–Kier alpha value is -2.09. The molecule has 0 unspecified atom stereocenters. The number of rotatable bonds is 21. The van der Waals surface area contributed by atoms with Crippen LogP contribution in [-0.4, -0.2) is 44.7 Å². The highest BCUT2D eigenvalue weighted by Crippen LogP contribution is 2.29. The summed E-state index contributed by atoms with van der Waals surface area (Å²) in [7, 11) is 1.84. The minimum Gasteiger partial charge on any atom is -0.476 e. The first-order valence-corrected chi connectivity index (χ1v) is 14.9. The molecule has 0 saturated heterocycles. The summed E-state index contributed by atoms with van der Waals surface area (Å²) >= 11 is 1.31. The lowest BCUT2D eigenvalue weighted by molar-refractivity contribution is -0.139. The second-order valence-electron chi connectivity index (χ2n) is 9.18. The second-order valence-corrected chi connectivity index (χ2v) is 10.1. The molecule has 0 atom stereocenters. The molecule has 0 aliphatic rings. The van der Waals surface area contributed by atoms with Gasteiger partial charge in [0.05, 0.1) is 19.0 Å². The number of thioether (sulfide) groups is 1. The van der Waals surface area contributed by atoms with Crippen LogP contribution in [0.25, 0.3) is 11.0 Å². The van der Waals surface area contributed by atoms with Gasteiger partial charge in [0.1, 0.15) is 16.9 Å². The van der Waals surface area contributed by atoms with Crippen LogP contribution in [0.5, 0.6) is 5.88 Å². The lowest BCUT2D eigenvalue weighted by atomic mass is 10.1. The predicted octanol–water partition coefficient (Wildman–Crippen LogP) is 7.43. The van der Waals surface area contributed by atoms with Crippen molar-refractivity contribution in [1.29, 1.82) is 0 Å². The van der Waals surface area contributed by atoms with Crippen LogP contribution in [0.3, 0.4) is 0 Å². The summed E-state index contributed by atoms with van der Waals surface area (Å²) in [4.78, 5) is 20.3. The first kappa shape index (κ1) is 30.1. The van der Waals surface area contributed by atoms with E-state index in [9.17, 15) is 4.79 Å². The SMILES string of the molecule is CCCCCCCCCCC/C=C\CCCCCOc1c2ncnc(SCC(=O)OCC)c2nn1C. The van der Waals surface area contributed by atoms with E-state index in [1.807, 2.05) is 7.05 Å². The third-order valence-electron chi connectivity index (χ3n) is 6.06. The van der Waals surface area contributed by atoms with Gasteiger partial charge < -0.3 is 9.47 Å². The molecule has 0 aliphatic heterocycles. The predicted molar refractivity (Wildman–Crippen MR) is 149 cm³/mol. The van der Waals surface area contributed by atoms with Gasteiger partial charge in [0.2, 0.25) is 5.88 Å². The third kappa shape index (κ3) is 11.8. The Morgan fingerprint density at radius 3 is 2.19 bits per heavy atom. The molecule has 0 N–H and O–H groups in total. The van der Waals surface area contributed by atoms with Crippen molar-refractivity contribution in [2.75, 3.05) is 19.0 Å². The number of hydrogen-bond donors (Lipinski definition) is 0. The Kier molecular flexibility index (Phi) is 16.0. The quantitative estimate of drug-likeness (QED) is 0.0558. The zero-order valence-corrected chi connectivity index (χ0v) is 23.5. The molecule has 202 valence electrons. The van der Waals surface area contributed by atoms with Gasteiger partial charge in [-0.1, -0.05) is 82.2 Å². The lowest BCUT2D eigenvalue weighted by Crippen LogP contribution is -2.06. The van der Waals surface area contributed by atoms with E-state index in [1.54, 1.807) is 11.6 Å². The van der Waals surface area contributed by atoms with Gasteiger partial charge in [-0.15, -0.1) is 0 Å². The van der Waals surface area contributed by atoms with E-state index in [1.165, 1.54) is 88.7 Å². The Morgan fingerprint density at radius 2 is 1.53 bits per heavy atom. The number of allylic oxidation sites excluding steroid dienone is 2.